The molecule has 1 aromatic carbocycles. The summed E-state index contributed by atoms with van der Waals surface area (Å²) in [5.41, 5.74) is 0.995. The molecular weight excluding hydrogens is 362 g/mol. The second-order valence-electron chi connectivity index (χ2n) is 6.19. The molecule has 1 aliphatic heterocycles. The molecule has 0 radical (unpaired) electrons. The summed E-state index contributed by atoms with van der Waals surface area (Å²) in [4.78, 5) is 22.9. The highest BCUT2D eigenvalue weighted by atomic mass is 16.5. The van der Waals surface area contributed by atoms with Crippen molar-refractivity contribution in [1.82, 2.24) is 20.2 Å². The molecule has 9 heteroatoms. The molecule has 0 atom stereocenters. The molecule has 2 N–H and O–H groups in total. The first kappa shape index (κ1) is 19.8. The highest BCUT2D eigenvalue weighted by Gasteiger charge is 2.12. The molecular formula is C19H25N5O4. The zero-order chi connectivity index (χ0) is 19.8. The van der Waals surface area contributed by atoms with Gasteiger partial charge in [-0.15, -0.1) is 0 Å². The summed E-state index contributed by atoms with van der Waals surface area (Å²) < 4.78 is 15.8. The number of aromatic nitrogens is 2. The van der Waals surface area contributed by atoms with E-state index in [9.17, 15) is 4.79 Å². The van der Waals surface area contributed by atoms with Crippen LogP contribution in [-0.4, -0.2) is 74.4 Å². The van der Waals surface area contributed by atoms with Crippen molar-refractivity contribution in [3.63, 3.8) is 0 Å². The summed E-state index contributed by atoms with van der Waals surface area (Å²) >= 11 is 0. The third-order valence-corrected chi connectivity index (χ3v) is 4.37. The Balaban J connectivity index is 1.53. The molecule has 0 saturated carbocycles. The van der Waals surface area contributed by atoms with Crippen LogP contribution in [0.25, 0.3) is 0 Å². The number of hydrogen-bond acceptors (Lipinski definition) is 8. The van der Waals surface area contributed by atoms with E-state index in [2.05, 4.69) is 25.5 Å². The van der Waals surface area contributed by atoms with Crippen molar-refractivity contribution in [2.24, 2.45) is 0 Å². The Morgan fingerprint density at radius 1 is 1.18 bits per heavy atom. The Morgan fingerprint density at radius 3 is 2.68 bits per heavy atom. The van der Waals surface area contributed by atoms with Crippen LogP contribution in [0.5, 0.6) is 11.5 Å². The fourth-order valence-corrected chi connectivity index (χ4v) is 2.79. The Kier molecular flexibility index (Phi) is 6.99. The second kappa shape index (κ2) is 9.86. The van der Waals surface area contributed by atoms with Crippen LogP contribution < -0.4 is 20.1 Å². The smallest absolute Gasteiger partial charge is 0.271 e. The van der Waals surface area contributed by atoms with Crippen LogP contribution >= 0.6 is 0 Å². The third kappa shape index (κ3) is 5.30. The standard InChI is InChI=1S/C19H25N5O4/c1-26-14-3-4-15(17(11-14)27-2)23-18-13-21-16(12-22-18)19(25)20-5-6-24-7-9-28-10-8-24/h3-4,11-13H,5-10H2,1-2H3,(H,20,25)(H,22,23). The zero-order valence-electron chi connectivity index (χ0n) is 16.1. The van der Waals surface area contributed by atoms with Crippen molar-refractivity contribution in [3.8, 4) is 11.5 Å². The number of benzene rings is 1. The Labute approximate surface area is 164 Å². The second-order valence-corrected chi connectivity index (χ2v) is 6.19. The van der Waals surface area contributed by atoms with E-state index in [-0.39, 0.29) is 11.6 Å². The van der Waals surface area contributed by atoms with Crippen molar-refractivity contribution in [2.45, 2.75) is 0 Å². The molecule has 1 amide bonds. The molecule has 0 unspecified atom stereocenters. The van der Waals surface area contributed by atoms with Crippen molar-refractivity contribution >= 4 is 17.4 Å². The molecule has 0 spiro atoms. The maximum atomic E-state index is 12.2. The summed E-state index contributed by atoms with van der Waals surface area (Å²) in [6.45, 7) is 4.62. The van der Waals surface area contributed by atoms with Crippen LogP contribution in [0.4, 0.5) is 11.5 Å². The summed E-state index contributed by atoms with van der Waals surface area (Å²) in [5, 5.41) is 5.99. The average molecular weight is 387 g/mol. The Morgan fingerprint density at radius 2 is 2.00 bits per heavy atom. The molecule has 2 aromatic rings. The minimum Gasteiger partial charge on any atom is -0.497 e. The van der Waals surface area contributed by atoms with E-state index in [4.69, 9.17) is 14.2 Å². The maximum absolute atomic E-state index is 12.2. The summed E-state index contributed by atoms with van der Waals surface area (Å²) in [6.07, 6.45) is 2.96. The van der Waals surface area contributed by atoms with E-state index in [1.165, 1.54) is 12.4 Å². The fourth-order valence-electron chi connectivity index (χ4n) is 2.79. The minimum absolute atomic E-state index is 0.241. The highest BCUT2D eigenvalue weighted by molar-refractivity contribution is 5.92. The van der Waals surface area contributed by atoms with Crippen LogP contribution in [0.1, 0.15) is 10.5 Å². The lowest BCUT2D eigenvalue weighted by molar-refractivity contribution is 0.0383. The molecule has 1 fully saturated rings. The van der Waals surface area contributed by atoms with Crippen molar-refractivity contribution < 1.29 is 19.0 Å². The van der Waals surface area contributed by atoms with E-state index in [0.29, 0.717) is 23.9 Å². The average Bonchev–Trinajstić information content (AvgIpc) is 2.75. The Hall–Kier alpha value is -2.91. The lowest BCUT2D eigenvalue weighted by Crippen LogP contribution is -2.41. The number of hydrogen-bond donors (Lipinski definition) is 2. The first-order chi connectivity index (χ1) is 13.7. The third-order valence-electron chi connectivity index (χ3n) is 4.37. The van der Waals surface area contributed by atoms with E-state index in [0.717, 1.165) is 38.5 Å². The number of carbonyl (C=O) groups excluding carboxylic acids is 1. The molecule has 0 bridgehead atoms. The first-order valence-corrected chi connectivity index (χ1v) is 9.09. The van der Waals surface area contributed by atoms with Gasteiger partial charge in [-0.05, 0) is 12.1 Å². The van der Waals surface area contributed by atoms with Gasteiger partial charge in [0.05, 0.1) is 45.5 Å². The van der Waals surface area contributed by atoms with Crippen molar-refractivity contribution in [3.05, 3.63) is 36.3 Å². The summed E-state index contributed by atoms with van der Waals surface area (Å²) in [5.74, 6) is 1.58. The number of anilines is 2. The topological polar surface area (TPSA) is 97.8 Å². The number of ether oxygens (including phenoxy) is 3. The molecule has 1 saturated heterocycles. The molecule has 2 heterocycles. The Bertz CT molecular complexity index is 778. The number of morpholine rings is 1. The van der Waals surface area contributed by atoms with E-state index in [1.54, 1.807) is 20.3 Å². The van der Waals surface area contributed by atoms with Gasteiger partial charge in [0, 0.05) is 32.2 Å². The van der Waals surface area contributed by atoms with Gasteiger partial charge in [-0.2, -0.15) is 0 Å². The van der Waals surface area contributed by atoms with Gasteiger partial charge in [0.2, 0.25) is 0 Å². The lowest BCUT2D eigenvalue weighted by atomic mass is 10.2. The predicted molar refractivity (Wildman–Crippen MR) is 104 cm³/mol. The van der Waals surface area contributed by atoms with Crippen LogP contribution in [0.15, 0.2) is 30.6 Å². The molecule has 1 aromatic heterocycles. The lowest BCUT2D eigenvalue weighted by Gasteiger charge is -2.26. The number of amides is 1. The van der Waals surface area contributed by atoms with E-state index < -0.39 is 0 Å². The van der Waals surface area contributed by atoms with Crippen LogP contribution in [-0.2, 0) is 4.74 Å². The SMILES string of the molecule is COc1ccc(Nc2cnc(C(=O)NCCN3CCOCC3)cn2)c(OC)c1. The number of carbonyl (C=O) groups is 1. The summed E-state index contributed by atoms with van der Waals surface area (Å²) in [6, 6.07) is 5.41. The van der Waals surface area contributed by atoms with Gasteiger partial charge in [0.15, 0.2) is 0 Å². The van der Waals surface area contributed by atoms with Gasteiger partial charge in [0.25, 0.3) is 5.91 Å². The molecule has 1 aliphatic rings. The molecule has 3 rings (SSSR count). The van der Waals surface area contributed by atoms with Crippen LogP contribution in [0.3, 0.4) is 0 Å². The quantitative estimate of drug-likeness (QED) is 0.700. The number of methoxy groups -OCH3 is 2. The predicted octanol–water partition coefficient (Wildman–Crippen LogP) is 1.30. The molecule has 9 nitrogen and oxygen atoms in total. The van der Waals surface area contributed by atoms with Crippen molar-refractivity contribution in [1.29, 1.82) is 0 Å². The largest absolute Gasteiger partial charge is 0.497 e. The number of nitrogens with one attached hydrogen (secondary N) is 2. The number of nitrogens with zero attached hydrogens (tertiary/aromatic N) is 3. The normalized spacial score (nSPS) is 14.4. The van der Waals surface area contributed by atoms with E-state index >= 15 is 0 Å². The zero-order valence-corrected chi connectivity index (χ0v) is 16.1. The van der Waals surface area contributed by atoms with E-state index in [1.807, 2.05) is 12.1 Å². The monoisotopic (exact) mass is 387 g/mol. The molecule has 0 aliphatic carbocycles. The van der Waals surface area contributed by atoms with Gasteiger partial charge in [-0.1, -0.05) is 0 Å². The number of rotatable bonds is 8. The summed E-state index contributed by atoms with van der Waals surface area (Å²) in [7, 11) is 3.17. The first-order valence-electron chi connectivity index (χ1n) is 9.09. The molecule has 150 valence electrons. The fraction of sp³-hybridized carbons (Fsp3) is 0.421. The van der Waals surface area contributed by atoms with Crippen LogP contribution in [0, 0.1) is 0 Å². The minimum atomic E-state index is -0.241. The van der Waals surface area contributed by atoms with Gasteiger partial charge < -0.3 is 24.8 Å². The van der Waals surface area contributed by atoms with Gasteiger partial charge in [-0.25, -0.2) is 9.97 Å². The van der Waals surface area contributed by atoms with Gasteiger partial charge >= 0.3 is 0 Å². The van der Waals surface area contributed by atoms with Crippen LogP contribution in [0.2, 0.25) is 0 Å². The molecule has 28 heavy (non-hydrogen) atoms. The van der Waals surface area contributed by atoms with Crippen molar-refractivity contribution in [2.75, 3.05) is 58.9 Å². The maximum Gasteiger partial charge on any atom is 0.271 e. The van der Waals surface area contributed by atoms with Gasteiger partial charge in [-0.3, -0.25) is 9.69 Å². The van der Waals surface area contributed by atoms with Gasteiger partial charge in [0.1, 0.15) is 23.0 Å². The highest BCUT2D eigenvalue weighted by Crippen LogP contribution is 2.30.